The minimum atomic E-state index is -0.179. The fourth-order valence-corrected chi connectivity index (χ4v) is 4.24. The molecule has 1 N–H and O–H groups in total. The Balaban J connectivity index is 1.62. The molecule has 0 saturated heterocycles. The summed E-state index contributed by atoms with van der Waals surface area (Å²) < 4.78 is 13.3. The van der Waals surface area contributed by atoms with E-state index in [9.17, 15) is 5.11 Å². The van der Waals surface area contributed by atoms with Gasteiger partial charge >= 0.3 is 0 Å². The van der Waals surface area contributed by atoms with Gasteiger partial charge in [-0.1, -0.05) is 48.5 Å². The Morgan fingerprint density at radius 1 is 1.00 bits per heavy atom. The maximum absolute atomic E-state index is 10.0. The number of ether oxygens (including phenoxy) is 2. The van der Waals surface area contributed by atoms with E-state index in [-0.39, 0.29) is 11.7 Å². The van der Waals surface area contributed by atoms with E-state index in [1.165, 1.54) is 0 Å². The minimum Gasteiger partial charge on any atom is -0.508 e. The molecule has 3 aromatic carbocycles. The number of hydrogen-bond acceptors (Lipinski definition) is 6. The molecule has 1 atom stereocenters. The maximum atomic E-state index is 10.0. The summed E-state index contributed by atoms with van der Waals surface area (Å²) in [6, 6.07) is 22.9. The molecule has 7 heteroatoms. The number of aromatic hydroxyl groups is 1. The quantitative estimate of drug-likeness (QED) is 0.442. The van der Waals surface area contributed by atoms with Crippen molar-refractivity contribution >= 4 is 5.65 Å². The van der Waals surface area contributed by atoms with Gasteiger partial charge in [-0.2, -0.15) is 0 Å². The molecule has 5 aromatic rings. The van der Waals surface area contributed by atoms with Crippen LogP contribution < -0.4 is 9.47 Å². The van der Waals surface area contributed by atoms with E-state index in [1.54, 1.807) is 30.1 Å². The maximum Gasteiger partial charge on any atom is 0.228 e. The molecule has 0 saturated carbocycles. The van der Waals surface area contributed by atoms with Crippen molar-refractivity contribution in [2.45, 2.75) is 5.92 Å². The predicted molar refractivity (Wildman–Crippen MR) is 118 cm³/mol. The molecular weight excluding hydrogens is 404 g/mol. The third-order valence-corrected chi connectivity index (χ3v) is 5.67. The molecule has 7 nitrogen and oxygen atoms in total. The number of fused-ring (bicyclic) bond motifs is 4. The molecule has 0 amide bonds. The number of methoxy groups -OCH3 is 1. The summed E-state index contributed by atoms with van der Waals surface area (Å²) in [7, 11) is 1.63. The molecule has 32 heavy (non-hydrogen) atoms. The van der Waals surface area contributed by atoms with Crippen molar-refractivity contribution in [3.05, 3.63) is 95.8 Å². The first-order chi connectivity index (χ1) is 15.7. The van der Waals surface area contributed by atoms with Gasteiger partial charge in [0.1, 0.15) is 23.6 Å². The number of benzene rings is 3. The minimum absolute atomic E-state index is 0.140. The number of para-hydroxylation sites is 1. The van der Waals surface area contributed by atoms with E-state index < -0.39 is 0 Å². The van der Waals surface area contributed by atoms with Crippen LogP contribution in [0.2, 0.25) is 0 Å². The van der Waals surface area contributed by atoms with Crippen LogP contribution in [0.1, 0.15) is 22.6 Å². The molecule has 0 bridgehead atoms. The SMILES string of the molecule is COc1ccccc1-c1nc2c3c(ncn2n1)Oc1cc(O)ccc1C3c1ccccc1. The van der Waals surface area contributed by atoms with E-state index in [2.05, 4.69) is 22.2 Å². The zero-order valence-corrected chi connectivity index (χ0v) is 17.1. The second-order valence-corrected chi connectivity index (χ2v) is 7.54. The lowest BCUT2D eigenvalue weighted by atomic mass is 9.84. The largest absolute Gasteiger partial charge is 0.508 e. The van der Waals surface area contributed by atoms with Gasteiger partial charge in [-0.3, -0.25) is 0 Å². The summed E-state index contributed by atoms with van der Waals surface area (Å²) in [6.45, 7) is 0. The number of nitrogens with zero attached hydrogens (tertiary/aromatic N) is 4. The van der Waals surface area contributed by atoms with Gasteiger partial charge in [-0.25, -0.2) is 14.5 Å². The Hall–Kier alpha value is -4.39. The lowest BCUT2D eigenvalue weighted by Gasteiger charge is -2.27. The Morgan fingerprint density at radius 3 is 2.66 bits per heavy atom. The Kier molecular flexibility index (Phi) is 4.07. The molecule has 0 aliphatic carbocycles. The number of aromatic nitrogens is 4. The number of rotatable bonds is 3. The highest BCUT2D eigenvalue weighted by Gasteiger charge is 2.33. The molecular formula is C25H18N4O3. The lowest BCUT2D eigenvalue weighted by molar-refractivity contribution is 0.416. The fraction of sp³-hybridized carbons (Fsp3) is 0.0800. The van der Waals surface area contributed by atoms with Crippen LogP contribution >= 0.6 is 0 Å². The van der Waals surface area contributed by atoms with Crippen molar-refractivity contribution in [3.8, 4) is 34.5 Å². The van der Waals surface area contributed by atoms with Crippen molar-refractivity contribution in [2.24, 2.45) is 0 Å². The molecule has 0 fully saturated rings. The monoisotopic (exact) mass is 422 g/mol. The van der Waals surface area contributed by atoms with E-state index in [0.717, 1.165) is 22.3 Å². The van der Waals surface area contributed by atoms with E-state index in [0.29, 0.717) is 28.9 Å². The van der Waals surface area contributed by atoms with Crippen LogP contribution in [-0.4, -0.2) is 31.8 Å². The van der Waals surface area contributed by atoms with E-state index in [1.807, 2.05) is 48.5 Å². The van der Waals surface area contributed by atoms with Crippen LogP contribution in [0.25, 0.3) is 17.0 Å². The lowest BCUT2D eigenvalue weighted by Crippen LogP contribution is -2.14. The standard InChI is InChI=1S/C25H18N4O3/c1-31-19-10-6-5-9-18(19)23-27-24-22-21(15-7-3-2-4-8-15)17-12-11-16(30)13-20(17)32-25(22)26-14-29(24)28-23/h2-14,21,30H,1H3. The molecule has 3 heterocycles. The van der Waals surface area contributed by atoms with Crippen molar-refractivity contribution in [1.82, 2.24) is 19.6 Å². The molecule has 1 unspecified atom stereocenters. The zero-order chi connectivity index (χ0) is 21.7. The van der Waals surface area contributed by atoms with Gasteiger partial charge in [0.2, 0.25) is 5.88 Å². The average molecular weight is 422 g/mol. The van der Waals surface area contributed by atoms with Crippen molar-refractivity contribution in [2.75, 3.05) is 7.11 Å². The predicted octanol–water partition coefficient (Wildman–Crippen LogP) is 4.79. The van der Waals surface area contributed by atoms with Gasteiger partial charge in [-0.05, 0) is 23.8 Å². The first kappa shape index (κ1) is 18.4. The van der Waals surface area contributed by atoms with Crippen LogP contribution in [0.3, 0.4) is 0 Å². The Bertz CT molecular complexity index is 1460. The topological polar surface area (TPSA) is 81.8 Å². The second kappa shape index (κ2) is 7.09. The van der Waals surface area contributed by atoms with Crippen molar-refractivity contribution in [3.63, 3.8) is 0 Å². The van der Waals surface area contributed by atoms with Crippen LogP contribution in [0.15, 0.2) is 79.1 Å². The summed E-state index contributed by atoms with van der Waals surface area (Å²) >= 11 is 0. The van der Waals surface area contributed by atoms with Gasteiger partial charge in [-0.15, -0.1) is 5.10 Å². The first-order valence-corrected chi connectivity index (χ1v) is 10.2. The third kappa shape index (κ3) is 2.79. The van der Waals surface area contributed by atoms with Gasteiger partial charge in [0.15, 0.2) is 11.5 Å². The second-order valence-electron chi connectivity index (χ2n) is 7.54. The Morgan fingerprint density at radius 2 is 1.81 bits per heavy atom. The number of phenols is 1. The van der Waals surface area contributed by atoms with Gasteiger partial charge in [0.25, 0.3) is 0 Å². The van der Waals surface area contributed by atoms with Crippen LogP contribution in [0.5, 0.6) is 23.1 Å². The van der Waals surface area contributed by atoms with Crippen LogP contribution in [0.4, 0.5) is 0 Å². The zero-order valence-electron chi connectivity index (χ0n) is 17.1. The summed E-state index contributed by atoms with van der Waals surface area (Å²) in [5.41, 5.74) is 4.28. The smallest absolute Gasteiger partial charge is 0.228 e. The van der Waals surface area contributed by atoms with Gasteiger partial charge < -0.3 is 14.6 Å². The normalized spacial score (nSPS) is 14.5. The molecule has 2 aromatic heterocycles. The molecule has 156 valence electrons. The summed E-state index contributed by atoms with van der Waals surface area (Å²) in [5, 5.41) is 14.7. The van der Waals surface area contributed by atoms with Crippen molar-refractivity contribution < 1.29 is 14.6 Å². The molecule has 1 aliphatic heterocycles. The first-order valence-electron chi connectivity index (χ1n) is 10.2. The summed E-state index contributed by atoms with van der Waals surface area (Å²) in [4.78, 5) is 9.40. The Labute approximate surface area is 183 Å². The van der Waals surface area contributed by atoms with Crippen LogP contribution in [0, 0.1) is 0 Å². The van der Waals surface area contributed by atoms with Gasteiger partial charge in [0.05, 0.1) is 18.2 Å². The third-order valence-electron chi connectivity index (χ3n) is 5.67. The highest BCUT2D eigenvalue weighted by molar-refractivity contribution is 5.70. The van der Waals surface area contributed by atoms with E-state index >= 15 is 0 Å². The van der Waals surface area contributed by atoms with Crippen LogP contribution in [-0.2, 0) is 0 Å². The number of hydrogen-bond donors (Lipinski definition) is 1. The van der Waals surface area contributed by atoms with Crippen molar-refractivity contribution in [1.29, 1.82) is 0 Å². The average Bonchev–Trinajstić information content (AvgIpc) is 3.27. The molecule has 0 spiro atoms. The highest BCUT2D eigenvalue weighted by Crippen LogP contribution is 2.48. The molecule has 6 rings (SSSR count). The number of phenolic OH excluding ortho intramolecular Hbond substituents is 1. The highest BCUT2D eigenvalue weighted by atomic mass is 16.5. The molecule has 0 radical (unpaired) electrons. The van der Waals surface area contributed by atoms with Gasteiger partial charge in [0, 0.05) is 17.5 Å². The summed E-state index contributed by atoms with van der Waals surface area (Å²) in [5.74, 6) is 2.22. The van der Waals surface area contributed by atoms with E-state index in [4.69, 9.17) is 14.5 Å². The molecule has 1 aliphatic rings. The fourth-order valence-electron chi connectivity index (χ4n) is 4.24. The summed E-state index contributed by atoms with van der Waals surface area (Å²) in [6.07, 6.45) is 1.59.